The van der Waals surface area contributed by atoms with Gasteiger partial charge in [-0.3, -0.25) is 0 Å². The van der Waals surface area contributed by atoms with E-state index in [1.54, 1.807) is 0 Å². The molecule has 1 aliphatic heterocycles. The van der Waals surface area contributed by atoms with Gasteiger partial charge in [0.25, 0.3) is 0 Å². The molecule has 1 N–H and O–H groups in total. The number of halogens is 2. The van der Waals surface area contributed by atoms with Gasteiger partial charge in [0.15, 0.2) is 0 Å². The Morgan fingerprint density at radius 3 is 2.08 bits per heavy atom. The number of hydrogen-bond donors (Lipinski definition) is 1. The number of ether oxygens (including phenoxy) is 2. The molecule has 1 atom stereocenters. The van der Waals surface area contributed by atoms with E-state index in [9.17, 15) is 9.50 Å². The Kier molecular flexibility index (Phi) is 12.1. The maximum absolute atomic E-state index is 13.4. The van der Waals surface area contributed by atoms with E-state index in [0.717, 1.165) is 48.3 Å². The van der Waals surface area contributed by atoms with Crippen LogP contribution in [0.3, 0.4) is 0 Å². The molecular weight excluding hydrogens is 501 g/mol. The number of aliphatic hydroxyl groups is 1. The largest absolute Gasteiger partial charge is 1.00 e. The van der Waals surface area contributed by atoms with Crippen molar-refractivity contribution in [2.24, 2.45) is 0 Å². The van der Waals surface area contributed by atoms with Gasteiger partial charge in [0.2, 0.25) is 0 Å². The van der Waals surface area contributed by atoms with Gasteiger partial charge in [0, 0.05) is 5.56 Å². The summed E-state index contributed by atoms with van der Waals surface area (Å²) in [5.74, 6) is 0.694. The highest BCUT2D eigenvalue weighted by Gasteiger charge is 2.32. The third-order valence-electron chi connectivity index (χ3n) is 7.49. The maximum atomic E-state index is 13.4. The van der Waals surface area contributed by atoms with Crippen LogP contribution in [0.1, 0.15) is 83.9 Å². The minimum Gasteiger partial charge on any atom is -1.00 e. The summed E-state index contributed by atoms with van der Waals surface area (Å²) in [6, 6.07) is 13.3. The fraction of sp³-hybridized carbons (Fsp3) is 0.625. The maximum Gasteiger partial charge on any atom is 0.126 e. The standard InChI is InChI=1S/C32H49FNO3.ClH/c1-31(2,3)26-13-16-30(29(21-26)32(4,5)6)37-20-19-36-24-28(35)23-34(17-9-7-8-10-18-34)22-25-11-14-27(33)15-12-25;/h11-16,21,28,35H,7-10,17-20,22-24H2,1-6H3;1H/q+1;/p-1. The van der Waals surface area contributed by atoms with Crippen molar-refractivity contribution >= 4 is 0 Å². The summed E-state index contributed by atoms with van der Waals surface area (Å²) in [5.41, 5.74) is 3.69. The van der Waals surface area contributed by atoms with Crippen molar-refractivity contribution in [3.05, 3.63) is 65.0 Å². The molecule has 0 saturated carbocycles. The van der Waals surface area contributed by atoms with E-state index >= 15 is 0 Å². The van der Waals surface area contributed by atoms with Crippen LogP contribution >= 0.6 is 0 Å². The highest BCUT2D eigenvalue weighted by atomic mass is 35.5. The van der Waals surface area contributed by atoms with Crippen LogP contribution < -0.4 is 17.1 Å². The average Bonchev–Trinajstić information content (AvgIpc) is 3.04. The highest BCUT2D eigenvalue weighted by molar-refractivity contribution is 5.43. The van der Waals surface area contributed by atoms with Crippen molar-refractivity contribution in [3.63, 3.8) is 0 Å². The number of hydrogen-bond acceptors (Lipinski definition) is 3. The summed E-state index contributed by atoms with van der Waals surface area (Å²) >= 11 is 0. The van der Waals surface area contributed by atoms with E-state index in [2.05, 4.69) is 59.7 Å². The van der Waals surface area contributed by atoms with E-state index in [-0.39, 0.29) is 29.1 Å². The third-order valence-corrected chi connectivity index (χ3v) is 7.49. The fourth-order valence-corrected chi connectivity index (χ4v) is 5.38. The lowest BCUT2D eigenvalue weighted by atomic mass is 9.80. The van der Waals surface area contributed by atoms with Crippen LogP contribution in [0.25, 0.3) is 0 Å². The molecule has 3 rings (SSSR count). The van der Waals surface area contributed by atoms with Gasteiger partial charge in [-0.25, -0.2) is 4.39 Å². The van der Waals surface area contributed by atoms with Crippen LogP contribution in [0.15, 0.2) is 42.5 Å². The molecule has 1 unspecified atom stereocenters. The average molecular weight is 550 g/mol. The fourth-order valence-electron chi connectivity index (χ4n) is 5.38. The SMILES string of the molecule is CC(C)(C)c1ccc(OCCOCC(O)C[N+]2(Cc3ccc(F)cc3)CCCCCC2)c(C(C)(C)C)c1.[Cl-]. The minimum atomic E-state index is -0.547. The van der Waals surface area contributed by atoms with Gasteiger partial charge >= 0.3 is 0 Å². The lowest BCUT2D eigenvalue weighted by molar-refractivity contribution is -0.943. The van der Waals surface area contributed by atoms with Crippen LogP contribution in [-0.2, 0) is 22.1 Å². The number of aliphatic hydroxyl groups excluding tert-OH is 1. The zero-order valence-electron chi connectivity index (χ0n) is 24.4. The molecule has 214 valence electrons. The van der Waals surface area contributed by atoms with Gasteiger partial charge in [-0.2, -0.15) is 0 Å². The Hall–Kier alpha value is -1.66. The summed E-state index contributed by atoms with van der Waals surface area (Å²) in [7, 11) is 0. The Morgan fingerprint density at radius 1 is 0.868 bits per heavy atom. The topological polar surface area (TPSA) is 38.7 Å². The second kappa shape index (κ2) is 14.1. The minimum absolute atomic E-state index is 0. The first-order valence-electron chi connectivity index (χ1n) is 14.0. The van der Waals surface area contributed by atoms with Crippen molar-refractivity contribution < 1.29 is 35.9 Å². The van der Waals surface area contributed by atoms with Crippen LogP contribution in [0.4, 0.5) is 4.39 Å². The Bertz CT molecular complexity index is 974. The highest BCUT2D eigenvalue weighted by Crippen LogP contribution is 2.35. The summed E-state index contributed by atoms with van der Waals surface area (Å²) in [4.78, 5) is 0. The molecule has 0 aliphatic carbocycles. The van der Waals surface area contributed by atoms with Crippen molar-refractivity contribution in [2.45, 2.75) is 90.7 Å². The molecule has 1 fully saturated rings. The zero-order valence-corrected chi connectivity index (χ0v) is 25.1. The van der Waals surface area contributed by atoms with E-state index in [1.165, 1.54) is 36.1 Å². The molecule has 1 saturated heterocycles. The molecule has 2 aromatic rings. The molecule has 0 bridgehead atoms. The lowest BCUT2D eigenvalue weighted by Gasteiger charge is -2.39. The first-order valence-corrected chi connectivity index (χ1v) is 14.0. The molecule has 0 spiro atoms. The first kappa shape index (κ1) is 32.6. The van der Waals surface area contributed by atoms with Gasteiger partial charge in [-0.15, -0.1) is 0 Å². The predicted octanol–water partition coefficient (Wildman–Crippen LogP) is 3.77. The first-order chi connectivity index (χ1) is 17.4. The molecule has 1 heterocycles. The van der Waals surface area contributed by atoms with Crippen LogP contribution in [0.2, 0.25) is 0 Å². The summed E-state index contributed by atoms with van der Waals surface area (Å²) in [6.45, 7) is 18.0. The zero-order chi connectivity index (χ0) is 27.1. The molecule has 4 nitrogen and oxygen atoms in total. The Balaban J connectivity index is 0.00000507. The molecule has 2 aromatic carbocycles. The molecule has 38 heavy (non-hydrogen) atoms. The predicted molar refractivity (Wildman–Crippen MR) is 150 cm³/mol. The van der Waals surface area contributed by atoms with Crippen LogP contribution in [-0.4, -0.2) is 55.1 Å². The van der Waals surface area contributed by atoms with Gasteiger partial charge in [-0.1, -0.05) is 65.8 Å². The number of likely N-dealkylation sites (tertiary alicyclic amines) is 1. The van der Waals surface area contributed by atoms with Gasteiger partial charge in [0.05, 0.1) is 26.3 Å². The Labute approximate surface area is 236 Å². The smallest absolute Gasteiger partial charge is 0.126 e. The second-order valence-corrected chi connectivity index (χ2v) is 13.0. The number of quaternary nitrogens is 1. The molecule has 1 aliphatic rings. The van der Waals surface area contributed by atoms with Gasteiger partial charge < -0.3 is 31.5 Å². The number of nitrogens with zero attached hydrogens (tertiary/aromatic N) is 1. The third kappa shape index (κ3) is 9.82. The summed E-state index contributed by atoms with van der Waals surface area (Å²) in [5, 5.41) is 10.9. The van der Waals surface area contributed by atoms with E-state index < -0.39 is 6.10 Å². The van der Waals surface area contributed by atoms with Gasteiger partial charge in [0.1, 0.15) is 37.4 Å². The van der Waals surface area contributed by atoms with Crippen molar-refractivity contribution in [1.82, 2.24) is 0 Å². The number of benzene rings is 2. The van der Waals surface area contributed by atoms with E-state index in [0.29, 0.717) is 26.4 Å². The van der Waals surface area contributed by atoms with Crippen LogP contribution in [0.5, 0.6) is 5.75 Å². The van der Waals surface area contributed by atoms with Crippen LogP contribution in [0, 0.1) is 5.82 Å². The second-order valence-electron chi connectivity index (χ2n) is 13.0. The quantitative estimate of drug-likeness (QED) is 0.362. The van der Waals surface area contributed by atoms with E-state index in [1.807, 2.05) is 12.1 Å². The number of rotatable bonds is 10. The monoisotopic (exact) mass is 549 g/mol. The lowest BCUT2D eigenvalue weighted by Crippen LogP contribution is -3.00. The molecule has 0 amide bonds. The van der Waals surface area contributed by atoms with Crippen molar-refractivity contribution in [3.8, 4) is 5.75 Å². The van der Waals surface area contributed by atoms with E-state index in [4.69, 9.17) is 9.47 Å². The molecule has 6 heteroatoms. The molecule has 0 aromatic heterocycles. The summed E-state index contributed by atoms with van der Waals surface area (Å²) in [6.07, 6.45) is 4.25. The molecular formula is C32H49ClFNO3. The summed E-state index contributed by atoms with van der Waals surface area (Å²) < 4.78 is 26.3. The molecule has 0 radical (unpaired) electrons. The van der Waals surface area contributed by atoms with Crippen molar-refractivity contribution in [1.29, 1.82) is 0 Å². The van der Waals surface area contributed by atoms with Crippen molar-refractivity contribution in [2.75, 3.05) is 39.5 Å². The van der Waals surface area contributed by atoms with Gasteiger partial charge in [-0.05, 0) is 65.8 Å². The Morgan fingerprint density at radius 2 is 1.50 bits per heavy atom. The normalized spacial score (nSPS) is 16.8.